The summed E-state index contributed by atoms with van der Waals surface area (Å²) in [7, 11) is 2.07. The molecule has 1 aliphatic rings. The molecule has 3 rings (SSSR count). The molecule has 1 saturated heterocycles. The number of benzene rings is 2. The van der Waals surface area contributed by atoms with Crippen molar-refractivity contribution in [2.75, 3.05) is 26.7 Å². The predicted octanol–water partition coefficient (Wildman–Crippen LogP) is 2.32. The topological polar surface area (TPSA) is 52.7 Å². The van der Waals surface area contributed by atoms with Crippen LogP contribution in [0.3, 0.4) is 0 Å². The number of carbonyl (C=O) groups is 2. The number of rotatable bonds is 4. The van der Waals surface area contributed by atoms with Gasteiger partial charge in [0, 0.05) is 25.2 Å². The number of piperazine rings is 1. The normalized spacial score (nSPS) is 19.0. The quantitative estimate of drug-likeness (QED) is 0.920. The third kappa shape index (κ3) is 4.11. The van der Waals surface area contributed by atoms with Crippen LogP contribution in [0.25, 0.3) is 0 Å². The highest BCUT2D eigenvalue weighted by Gasteiger charge is 2.33. The van der Waals surface area contributed by atoms with Gasteiger partial charge < -0.3 is 15.1 Å². The molecule has 26 heavy (non-hydrogen) atoms. The zero-order valence-corrected chi connectivity index (χ0v) is 15.3. The van der Waals surface area contributed by atoms with E-state index in [1.54, 1.807) is 19.1 Å². The molecule has 0 aromatic heterocycles. The smallest absolute Gasteiger partial charge is 0.251 e. The summed E-state index contributed by atoms with van der Waals surface area (Å²) in [4.78, 5) is 29.5. The van der Waals surface area contributed by atoms with Crippen LogP contribution in [0.2, 0.25) is 0 Å². The highest BCUT2D eigenvalue weighted by atomic mass is 16.2. The summed E-state index contributed by atoms with van der Waals surface area (Å²) < 4.78 is 0. The lowest BCUT2D eigenvalue weighted by atomic mass is 10.0. The summed E-state index contributed by atoms with van der Waals surface area (Å²) in [5.41, 5.74) is 1.68. The Kier molecular flexibility index (Phi) is 5.68. The van der Waals surface area contributed by atoms with Gasteiger partial charge in [-0.15, -0.1) is 0 Å². The van der Waals surface area contributed by atoms with Gasteiger partial charge in [-0.3, -0.25) is 9.59 Å². The molecule has 0 radical (unpaired) electrons. The molecule has 5 heteroatoms. The fraction of sp³-hybridized carbons (Fsp3) is 0.333. The van der Waals surface area contributed by atoms with Gasteiger partial charge in [-0.25, -0.2) is 0 Å². The largest absolute Gasteiger partial charge is 0.341 e. The molecule has 2 amide bonds. The molecule has 1 N–H and O–H groups in total. The SMILES string of the molecule is CC(NC(=O)c1ccccc1)C(=O)N1CCN(C)CC1c1ccccc1. The van der Waals surface area contributed by atoms with Gasteiger partial charge in [-0.1, -0.05) is 48.5 Å². The Morgan fingerprint density at radius 2 is 1.62 bits per heavy atom. The Morgan fingerprint density at radius 3 is 2.27 bits per heavy atom. The first kappa shape index (κ1) is 18.1. The minimum atomic E-state index is -0.572. The minimum absolute atomic E-state index is 0.00136. The van der Waals surface area contributed by atoms with Crippen molar-refractivity contribution in [3.8, 4) is 0 Å². The van der Waals surface area contributed by atoms with Crippen molar-refractivity contribution in [3.63, 3.8) is 0 Å². The van der Waals surface area contributed by atoms with Crippen LogP contribution >= 0.6 is 0 Å². The third-order valence-corrected chi connectivity index (χ3v) is 4.80. The van der Waals surface area contributed by atoms with Crippen LogP contribution in [0.4, 0.5) is 0 Å². The summed E-state index contributed by atoms with van der Waals surface area (Å²) in [6.45, 7) is 4.02. The second-order valence-electron chi connectivity index (χ2n) is 6.78. The highest BCUT2D eigenvalue weighted by molar-refractivity contribution is 5.97. The van der Waals surface area contributed by atoms with Crippen LogP contribution in [0.5, 0.6) is 0 Å². The molecule has 2 aromatic carbocycles. The van der Waals surface area contributed by atoms with E-state index in [2.05, 4.69) is 29.4 Å². The monoisotopic (exact) mass is 351 g/mol. The Balaban J connectivity index is 1.73. The molecule has 5 nitrogen and oxygen atoms in total. The molecule has 1 fully saturated rings. The number of likely N-dealkylation sites (N-methyl/N-ethyl adjacent to an activating group) is 1. The highest BCUT2D eigenvalue weighted by Crippen LogP contribution is 2.25. The minimum Gasteiger partial charge on any atom is -0.341 e. The van der Waals surface area contributed by atoms with E-state index < -0.39 is 6.04 Å². The second-order valence-corrected chi connectivity index (χ2v) is 6.78. The number of hydrogen-bond donors (Lipinski definition) is 1. The standard InChI is InChI=1S/C21H25N3O2/c1-16(22-20(25)18-11-7-4-8-12-18)21(26)24-14-13-23(2)15-19(24)17-9-5-3-6-10-17/h3-12,16,19H,13-15H2,1-2H3,(H,22,25). The Bertz CT molecular complexity index is 748. The van der Waals surface area contributed by atoms with Gasteiger partial charge in [0.15, 0.2) is 0 Å². The molecular weight excluding hydrogens is 326 g/mol. The van der Waals surface area contributed by atoms with Crippen LogP contribution in [0.1, 0.15) is 28.9 Å². The first-order valence-corrected chi connectivity index (χ1v) is 8.96. The fourth-order valence-corrected chi connectivity index (χ4v) is 3.32. The molecule has 136 valence electrons. The first-order chi connectivity index (χ1) is 12.6. The maximum Gasteiger partial charge on any atom is 0.251 e. The molecule has 0 saturated carbocycles. The fourth-order valence-electron chi connectivity index (χ4n) is 3.32. The van der Waals surface area contributed by atoms with Crippen LogP contribution < -0.4 is 5.32 Å². The average Bonchev–Trinajstić information content (AvgIpc) is 2.68. The van der Waals surface area contributed by atoms with E-state index in [-0.39, 0.29) is 17.9 Å². The Morgan fingerprint density at radius 1 is 1.00 bits per heavy atom. The van der Waals surface area contributed by atoms with E-state index in [0.717, 1.165) is 18.7 Å². The lowest BCUT2D eigenvalue weighted by Crippen LogP contribution is -2.54. The van der Waals surface area contributed by atoms with E-state index in [1.165, 1.54) is 0 Å². The molecule has 2 atom stereocenters. The maximum absolute atomic E-state index is 13.0. The van der Waals surface area contributed by atoms with Crippen molar-refractivity contribution >= 4 is 11.8 Å². The van der Waals surface area contributed by atoms with Crippen molar-refractivity contribution < 1.29 is 9.59 Å². The lowest BCUT2D eigenvalue weighted by molar-refractivity contribution is -0.137. The van der Waals surface area contributed by atoms with Crippen LogP contribution in [-0.2, 0) is 4.79 Å². The van der Waals surface area contributed by atoms with Gasteiger partial charge >= 0.3 is 0 Å². The van der Waals surface area contributed by atoms with Crippen LogP contribution in [0, 0.1) is 0 Å². The summed E-state index contributed by atoms with van der Waals surface area (Å²) in [6, 6.07) is 18.5. The number of nitrogens with one attached hydrogen (secondary N) is 1. The van der Waals surface area contributed by atoms with E-state index in [9.17, 15) is 9.59 Å². The molecular formula is C21H25N3O2. The zero-order chi connectivity index (χ0) is 18.5. The molecule has 0 bridgehead atoms. The van der Waals surface area contributed by atoms with E-state index in [4.69, 9.17) is 0 Å². The Labute approximate surface area is 154 Å². The molecule has 2 aromatic rings. The van der Waals surface area contributed by atoms with Gasteiger partial charge in [0.25, 0.3) is 5.91 Å². The van der Waals surface area contributed by atoms with Crippen molar-refractivity contribution in [2.45, 2.75) is 19.0 Å². The van der Waals surface area contributed by atoms with Gasteiger partial charge in [-0.2, -0.15) is 0 Å². The molecule has 1 heterocycles. The molecule has 1 aliphatic heterocycles. The molecule has 2 unspecified atom stereocenters. The van der Waals surface area contributed by atoms with Crippen LogP contribution in [-0.4, -0.2) is 54.3 Å². The average molecular weight is 351 g/mol. The van der Waals surface area contributed by atoms with Gasteiger partial charge in [0.2, 0.25) is 5.91 Å². The molecule has 0 spiro atoms. The summed E-state index contributed by atoms with van der Waals surface area (Å²) >= 11 is 0. The lowest BCUT2D eigenvalue weighted by Gasteiger charge is -2.41. The van der Waals surface area contributed by atoms with Crippen molar-refractivity contribution in [1.82, 2.24) is 15.1 Å². The van der Waals surface area contributed by atoms with Crippen molar-refractivity contribution in [3.05, 3.63) is 71.8 Å². The second kappa shape index (κ2) is 8.15. The van der Waals surface area contributed by atoms with Gasteiger partial charge in [0.1, 0.15) is 6.04 Å². The summed E-state index contributed by atoms with van der Waals surface area (Å²) in [5.74, 6) is -0.270. The van der Waals surface area contributed by atoms with E-state index in [1.807, 2.05) is 41.3 Å². The van der Waals surface area contributed by atoms with Crippen molar-refractivity contribution in [2.24, 2.45) is 0 Å². The van der Waals surface area contributed by atoms with Gasteiger partial charge in [-0.05, 0) is 31.7 Å². The molecule has 0 aliphatic carbocycles. The number of amides is 2. The predicted molar refractivity (Wildman–Crippen MR) is 102 cm³/mol. The summed E-state index contributed by atoms with van der Waals surface area (Å²) in [6.07, 6.45) is 0. The van der Waals surface area contributed by atoms with Crippen molar-refractivity contribution in [1.29, 1.82) is 0 Å². The number of nitrogens with zero attached hydrogens (tertiary/aromatic N) is 2. The third-order valence-electron chi connectivity index (χ3n) is 4.80. The van der Waals surface area contributed by atoms with Gasteiger partial charge in [0.05, 0.1) is 6.04 Å². The number of carbonyl (C=O) groups excluding carboxylic acids is 2. The van der Waals surface area contributed by atoms with Crippen LogP contribution in [0.15, 0.2) is 60.7 Å². The van der Waals surface area contributed by atoms with E-state index >= 15 is 0 Å². The zero-order valence-electron chi connectivity index (χ0n) is 15.3. The number of hydrogen-bond acceptors (Lipinski definition) is 3. The summed E-state index contributed by atoms with van der Waals surface area (Å²) in [5, 5.41) is 2.83. The van der Waals surface area contributed by atoms with E-state index in [0.29, 0.717) is 12.1 Å². The maximum atomic E-state index is 13.0. The Hall–Kier alpha value is -2.66. The first-order valence-electron chi connectivity index (χ1n) is 8.96.